The molecule has 0 N–H and O–H groups in total. The molecule has 1 fully saturated rings. The summed E-state index contributed by atoms with van der Waals surface area (Å²) in [5.74, 6) is -0.870. The zero-order valence-electron chi connectivity index (χ0n) is 16.0. The smallest absolute Gasteiger partial charge is 0.294 e. The number of rotatable bonds is 6. The molecule has 6 nitrogen and oxygen atoms in total. The fourth-order valence-electron chi connectivity index (χ4n) is 2.81. The second kappa shape index (κ2) is 9.07. The molecule has 3 amide bonds. The highest BCUT2D eigenvalue weighted by molar-refractivity contribution is 8.18. The molecular weight excluding hydrogens is 406 g/mol. The number of benzene rings is 1. The van der Waals surface area contributed by atoms with Crippen molar-refractivity contribution in [3.63, 3.8) is 0 Å². The number of carbonyl (C=O) groups is 3. The quantitative estimate of drug-likeness (QED) is 0.643. The number of aryl methyl sites for hydroxylation is 2. The van der Waals surface area contributed by atoms with E-state index in [0.29, 0.717) is 10.6 Å². The Balaban J connectivity index is 1.80. The summed E-state index contributed by atoms with van der Waals surface area (Å²) in [5, 5.41) is 10.4. The molecule has 0 unspecified atom stereocenters. The van der Waals surface area contributed by atoms with Gasteiger partial charge < -0.3 is 4.90 Å². The topological polar surface area (TPSA) is 81.5 Å². The number of nitriles is 1. The van der Waals surface area contributed by atoms with Gasteiger partial charge in [0.25, 0.3) is 11.1 Å². The van der Waals surface area contributed by atoms with Crippen LogP contribution in [-0.4, -0.2) is 35.0 Å². The predicted octanol–water partition coefficient (Wildman–Crippen LogP) is 4.35. The van der Waals surface area contributed by atoms with Crippen LogP contribution in [0, 0.1) is 25.2 Å². The maximum Gasteiger partial charge on any atom is 0.294 e. The fourth-order valence-corrected chi connectivity index (χ4v) is 4.37. The van der Waals surface area contributed by atoms with Crippen LogP contribution in [0.2, 0.25) is 0 Å². The summed E-state index contributed by atoms with van der Waals surface area (Å²) < 4.78 is 0. The van der Waals surface area contributed by atoms with Crippen molar-refractivity contribution in [2.75, 3.05) is 18.0 Å². The van der Waals surface area contributed by atoms with Crippen LogP contribution >= 0.6 is 23.1 Å². The van der Waals surface area contributed by atoms with Gasteiger partial charge in [-0.1, -0.05) is 12.1 Å². The van der Waals surface area contributed by atoms with E-state index in [2.05, 4.69) is 0 Å². The van der Waals surface area contributed by atoms with Crippen molar-refractivity contribution < 1.29 is 14.4 Å². The zero-order valence-corrected chi connectivity index (χ0v) is 17.7. The van der Waals surface area contributed by atoms with E-state index >= 15 is 0 Å². The first kappa shape index (κ1) is 20.8. The molecule has 1 aromatic carbocycles. The molecule has 1 aromatic heterocycles. The Morgan fingerprint density at radius 3 is 2.69 bits per heavy atom. The maximum atomic E-state index is 13.0. The number of thioether (sulfide) groups is 1. The van der Waals surface area contributed by atoms with Gasteiger partial charge in [-0.3, -0.25) is 19.3 Å². The van der Waals surface area contributed by atoms with E-state index in [1.807, 2.05) is 55.6 Å². The van der Waals surface area contributed by atoms with Crippen LogP contribution in [0.1, 0.15) is 22.4 Å². The minimum Gasteiger partial charge on any atom is -0.310 e. The normalized spacial score (nSPS) is 15.1. The van der Waals surface area contributed by atoms with Gasteiger partial charge in [0.05, 0.1) is 17.4 Å². The van der Waals surface area contributed by atoms with Crippen LogP contribution in [-0.2, 0) is 9.59 Å². The molecule has 0 atom stereocenters. The Bertz CT molecular complexity index is 1020. The van der Waals surface area contributed by atoms with Gasteiger partial charge in [-0.25, -0.2) is 0 Å². The lowest BCUT2D eigenvalue weighted by Gasteiger charge is -2.24. The van der Waals surface area contributed by atoms with E-state index in [1.165, 1.54) is 16.2 Å². The van der Waals surface area contributed by atoms with Gasteiger partial charge in [0, 0.05) is 17.1 Å². The monoisotopic (exact) mass is 425 g/mol. The lowest BCUT2D eigenvalue weighted by molar-refractivity contribution is -0.128. The van der Waals surface area contributed by atoms with Crippen molar-refractivity contribution in [2.24, 2.45) is 0 Å². The first-order valence-corrected chi connectivity index (χ1v) is 10.6. The third-order valence-corrected chi connectivity index (χ3v) is 6.26. The van der Waals surface area contributed by atoms with E-state index in [4.69, 9.17) is 5.26 Å². The molecule has 0 spiro atoms. The van der Waals surface area contributed by atoms with Crippen LogP contribution in [0.3, 0.4) is 0 Å². The molecule has 1 aliphatic heterocycles. The second-order valence-corrected chi connectivity index (χ2v) is 8.48. The molecule has 1 aliphatic rings. The lowest BCUT2D eigenvalue weighted by Crippen LogP contribution is -2.42. The summed E-state index contributed by atoms with van der Waals surface area (Å²) in [6.07, 6.45) is 1.82. The number of imide groups is 1. The average Bonchev–Trinajstić information content (AvgIpc) is 3.29. The second-order valence-electron chi connectivity index (χ2n) is 6.51. The van der Waals surface area contributed by atoms with Crippen LogP contribution in [0.4, 0.5) is 10.5 Å². The van der Waals surface area contributed by atoms with Crippen LogP contribution in [0.5, 0.6) is 0 Å². The minimum absolute atomic E-state index is 0.152. The van der Waals surface area contributed by atoms with Gasteiger partial charge in [0.1, 0.15) is 6.54 Å². The van der Waals surface area contributed by atoms with Crippen LogP contribution < -0.4 is 4.90 Å². The molecule has 0 bridgehead atoms. The Hall–Kier alpha value is -2.89. The molecule has 148 valence electrons. The third-order valence-electron chi connectivity index (χ3n) is 4.53. The number of amides is 3. The SMILES string of the molecule is Cc1ccc(N(CCC#N)C(=O)CN2C(=O)S/C(=C\c3cccs3)C2=O)cc1C. The number of nitrogens with zero attached hydrogens (tertiary/aromatic N) is 3. The number of anilines is 1. The highest BCUT2D eigenvalue weighted by Gasteiger charge is 2.37. The first-order chi connectivity index (χ1) is 13.9. The minimum atomic E-state index is -0.470. The van der Waals surface area contributed by atoms with Crippen molar-refractivity contribution in [1.29, 1.82) is 5.26 Å². The van der Waals surface area contributed by atoms with Gasteiger partial charge in [0.2, 0.25) is 5.91 Å². The Morgan fingerprint density at radius 2 is 2.03 bits per heavy atom. The molecule has 2 heterocycles. The highest BCUT2D eigenvalue weighted by atomic mass is 32.2. The van der Waals surface area contributed by atoms with Gasteiger partial charge in [-0.05, 0) is 66.4 Å². The van der Waals surface area contributed by atoms with Crippen molar-refractivity contribution in [1.82, 2.24) is 4.90 Å². The van der Waals surface area contributed by atoms with Gasteiger partial charge in [-0.15, -0.1) is 11.3 Å². The summed E-state index contributed by atoms with van der Waals surface area (Å²) in [6.45, 7) is 3.75. The van der Waals surface area contributed by atoms with Gasteiger partial charge in [0.15, 0.2) is 0 Å². The summed E-state index contributed by atoms with van der Waals surface area (Å²) in [5.41, 5.74) is 2.75. The Labute approximate surface area is 177 Å². The molecule has 29 heavy (non-hydrogen) atoms. The summed E-state index contributed by atoms with van der Waals surface area (Å²) >= 11 is 2.30. The molecule has 1 saturated heterocycles. The fraction of sp³-hybridized carbons (Fsp3) is 0.238. The Kier molecular flexibility index (Phi) is 6.52. The Morgan fingerprint density at radius 1 is 1.24 bits per heavy atom. The van der Waals surface area contributed by atoms with Gasteiger partial charge in [-0.2, -0.15) is 5.26 Å². The van der Waals surface area contributed by atoms with E-state index in [9.17, 15) is 14.4 Å². The third kappa shape index (κ3) is 4.75. The van der Waals surface area contributed by atoms with Crippen molar-refractivity contribution >= 4 is 51.9 Å². The van der Waals surface area contributed by atoms with E-state index in [1.54, 1.807) is 6.08 Å². The molecule has 0 aliphatic carbocycles. The molecule has 8 heteroatoms. The average molecular weight is 426 g/mol. The highest BCUT2D eigenvalue weighted by Crippen LogP contribution is 2.33. The number of carbonyl (C=O) groups excluding carboxylic acids is 3. The summed E-state index contributed by atoms with van der Waals surface area (Å²) in [6, 6.07) is 11.3. The number of thiophene rings is 1. The standard InChI is InChI=1S/C21H19N3O3S2/c1-14-6-7-16(11-15(14)2)23(9-4-8-22)19(25)13-24-20(26)18(29-21(24)27)12-17-5-3-10-28-17/h3,5-7,10-12H,4,9,13H2,1-2H3/b18-12-. The van der Waals surface area contributed by atoms with Crippen LogP contribution in [0.25, 0.3) is 6.08 Å². The van der Waals surface area contributed by atoms with E-state index < -0.39 is 17.1 Å². The van der Waals surface area contributed by atoms with Crippen molar-refractivity contribution in [3.05, 3.63) is 56.6 Å². The molecule has 0 saturated carbocycles. The number of hydrogen-bond acceptors (Lipinski definition) is 6. The summed E-state index contributed by atoms with van der Waals surface area (Å²) in [7, 11) is 0. The first-order valence-electron chi connectivity index (χ1n) is 8.94. The summed E-state index contributed by atoms with van der Waals surface area (Å²) in [4.78, 5) is 41.5. The predicted molar refractivity (Wildman–Crippen MR) is 115 cm³/mol. The lowest BCUT2D eigenvalue weighted by atomic mass is 10.1. The maximum absolute atomic E-state index is 13.0. The van der Waals surface area contributed by atoms with Crippen molar-refractivity contribution in [2.45, 2.75) is 20.3 Å². The molecular formula is C21H19N3O3S2. The van der Waals surface area contributed by atoms with E-state index in [-0.39, 0.29) is 19.5 Å². The van der Waals surface area contributed by atoms with E-state index in [0.717, 1.165) is 32.7 Å². The van der Waals surface area contributed by atoms with Gasteiger partial charge >= 0.3 is 0 Å². The zero-order chi connectivity index (χ0) is 21.0. The molecule has 2 aromatic rings. The molecule has 3 rings (SSSR count). The largest absolute Gasteiger partial charge is 0.310 e. The molecule has 0 radical (unpaired) electrons. The van der Waals surface area contributed by atoms with Crippen molar-refractivity contribution in [3.8, 4) is 6.07 Å². The van der Waals surface area contributed by atoms with Crippen LogP contribution in [0.15, 0.2) is 40.6 Å². The number of hydrogen-bond donors (Lipinski definition) is 0.